The average molecular weight is 463 g/mol. The van der Waals surface area contributed by atoms with Crippen LogP contribution in [0, 0.1) is 0 Å². The molecule has 0 aromatic heterocycles. The Morgan fingerprint density at radius 1 is 1.24 bits per heavy atom. The number of amides is 1. The molecule has 0 fully saturated rings. The number of nitrogens with one attached hydrogen (secondary N) is 1. The fourth-order valence-electron chi connectivity index (χ4n) is 2.81. The molecule has 156 valence electrons. The number of nitrogens with zero attached hydrogens (tertiary/aromatic N) is 2. The number of halogens is 1. The average Bonchev–Trinajstić information content (AvgIpc) is 2.72. The number of ether oxygens (including phenoxy) is 1. The number of aromatic hydroxyl groups is 1. The molecule has 7 nitrogen and oxygen atoms in total. The highest BCUT2D eigenvalue weighted by Crippen LogP contribution is 2.25. The summed E-state index contributed by atoms with van der Waals surface area (Å²) < 4.78 is 6.07. The first-order valence-corrected chi connectivity index (χ1v) is 9.87. The van der Waals surface area contributed by atoms with E-state index < -0.39 is 5.91 Å². The Kier molecular flexibility index (Phi) is 8.50. The fraction of sp³-hybridized carbons (Fsp3) is 0.286. The standard InChI is InChI=1S/C21H27BrN4O3/c1-25(14-15-5-4-6-18(11-15)29-3)9-10-26(2)19(21(28)24-23)13-16-12-17(22)7-8-20(16)27/h4-8,11-13,27H,9-10,14,23H2,1-3H3,(H,24,28)/b19-13+. The summed E-state index contributed by atoms with van der Waals surface area (Å²) in [5.74, 6) is 5.84. The van der Waals surface area contributed by atoms with Gasteiger partial charge in [0.25, 0.3) is 5.91 Å². The second-order valence-corrected chi connectivity index (χ2v) is 7.63. The molecule has 4 N–H and O–H groups in total. The van der Waals surface area contributed by atoms with Crippen molar-refractivity contribution < 1.29 is 14.6 Å². The first-order chi connectivity index (χ1) is 13.8. The second kappa shape index (κ2) is 10.8. The molecule has 0 unspecified atom stereocenters. The van der Waals surface area contributed by atoms with Crippen LogP contribution in [-0.2, 0) is 11.3 Å². The highest BCUT2D eigenvalue weighted by molar-refractivity contribution is 9.10. The largest absolute Gasteiger partial charge is 0.507 e. The molecule has 0 heterocycles. The quantitative estimate of drug-likeness (QED) is 0.229. The number of phenolic OH excluding ortho intramolecular Hbond substituents is 1. The number of hydrogen-bond donors (Lipinski definition) is 3. The van der Waals surface area contributed by atoms with Crippen LogP contribution in [0.4, 0.5) is 0 Å². The topological polar surface area (TPSA) is 91.1 Å². The second-order valence-electron chi connectivity index (χ2n) is 6.72. The molecule has 0 radical (unpaired) electrons. The van der Waals surface area contributed by atoms with Crippen LogP contribution in [0.25, 0.3) is 6.08 Å². The predicted molar refractivity (Wildman–Crippen MR) is 118 cm³/mol. The number of hydrogen-bond acceptors (Lipinski definition) is 6. The number of phenols is 1. The summed E-state index contributed by atoms with van der Waals surface area (Å²) in [4.78, 5) is 16.3. The van der Waals surface area contributed by atoms with E-state index in [-0.39, 0.29) is 5.75 Å². The summed E-state index contributed by atoms with van der Waals surface area (Å²) in [5.41, 5.74) is 4.19. The lowest BCUT2D eigenvalue weighted by molar-refractivity contribution is -0.118. The minimum absolute atomic E-state index is 0.0825. The molecule has 0 bridgehead atoms. The summed E-state index contributed by atoms with van der Waals surface area (Å²) >= 11 is 3.37. The molecule has 0 atom stereocenters. The lowest BCUT2D eigenvalue weighted by Crippen LogP contribution is -2.39. The van der Waals surface area contributed by atoms with Crippen LogP contribution in [0.2, 0.25) is 0 Å². The zero-order chi connectivity index (χ0) is 21.4. The van der Waals surface area contributed by atoms with Crippen molar-refractivity contribution in [3.05, 3.63) is 63.8 Å². The zero-order valence-corrected chi connectivity index (χ0v) is 18.4. The van der Waals surface area contributed by atoms with Crippen LogP contribution in [0.5, 0.6) is 11.5 Å². The van der Waals surface area contributed by atoms with E-state index in [1.807, 2.05) is 43.3 Å². The van der Waals surface area contributed by atoms with Gasteiger partial charge >= 0.3 is 0 Å². The van der Waals surface area contributed by atoms with Crippen molar-refractivity contribution in [2.24, 2.45) is 5.84 Å². The van der Waals surface area contributed by atoms with Crippen molar-refractivity contribution in [2.75, 3.05) is 34.3 Å². The molecular weight excluding hydrogens is 436 g/mol. The smallest absolute Gasteiger partial charge is 0.281 e. The van der Waals surface area contributed by atoms with E-state index in [1.165, 1.54) is 0 Å². The van der Waals surface area contributed by atoms with Gasteiger partial charge in [-0.15, -0.1) is 0 Å². The molecule has 2 aromatic carbocycles. The summed E-state index contributed by atoms with van der Waals surface area (Å²) in [6.07, 6.45) is 1.62. The third-order valence-electron chi connectivity index (χ3n) is 4.46. The Morgan fingerprint density at radius 2 is 2.00 bits per heavy atom. The maximum absolute atomic E-state index is 12.3. The number of hydrazine groups is 1. The van der Waals surface area contributed by atoms with Gasteiger partial charge in [0.1, 0.15) is 17.2 Å². The van der Waals surface area contributed by atoms with Crippen LogP contribution < -0.4 is 16.0 Å². The van der Waals surface area contributed by atoms with Crippen molar-refractivity contribution in [1.82, 2.24) is 15.2 Å². The van der Waals surface area contributed by atoms with Gasteiger partial charge in [0.15, 0.2) is 0 Å². The lowest BCUT2D eigenvalue weighted by Gasteiger charge is -2.25. The van der Waals surface area contributed by atoms with E-state index in [2.05, 4.69) is 26.3 Å². The summed E-state index contributed by atoms with van der Waals surface area (Å²) in [7, 11) is 5.48. The van der Waals surface area contributed by atoms with Gasteiger partial charge in [0.05, 0.1) is 7.11 Å². The third kappa shape index (κ3) is 6.77. The maximum Gasteiger partial charge on any atom is 0.281 e. The minimum Gasteiger partial charge on any atom is -0.507 e. The third-order valence-corrected chi connectivity index (χ3v) is 4.95. The maximum atomic E-state index is 12.3. The van der Waals surface area contributed by atoms with Crippen LogP contribution in [0.3, 0.4) is 0 Å². The van der Waals surface area contributed by atoms with Gasteiger partial charge in [-0.1, -0.05) is 28.1 Å². The van der Waals surface area contributed by atoms with E-state index in [0.717, 1.165) is 22.3 Å². The van der Waals surface area contributed by atoms with Crippen molar-refractivity contribution >= 4 is 27.9 Å². The molecule has 0 saturated heterocycles. The Morgan fingerprint density at radius 3 is 2.69 bits per heavy atom. The van der Waals surface area contributed by atoms with E-state index in [1.54, 1.807) is 31.4 Å². The minimum atomic E-state index is -0.428. The molecule has 29 heavy (non-hydrogen) atoms. The normalized spacial score (nSPS) is 11.4. The predicted octanol–water partition coefficient (Wildman–Crippen LogP) is 2.56. The van der Waals surface area contributed by atoms with Gasteiger partial charge in [-0.05, 0) is 49.0 Å². The number of carbonyl (C=O) groups is 1. The van der Waals surface area contributed by atoms with Gasteiger partial charge in [0.2, 0.25) is 0 Å². The Hall–Kier alpha value is -2.55. The molecule has 0 spiro atoms. The SMILES string of the molecule is COc1cccc(CN(C)CCN(C)/C(=C/c2cc(Br)ccc2O)C(=O)NN)c1. The Balaban J connectivity index is 2.07. The highest BCUT2D eigenvalue weighted by atomic mass is 79.9. The van der Waals surface area contributed by atoms with Gasteiger partial charge < -0.3 is 19.6 Å². The number of nitrogens with two attached hydrogens (primary N) is 1. The number of methoxy groups -OCH3 is 1. The summed E-state index contributed by atoms with van der Waals surface area (Å²) in [5, 5.41) is 10.1. The highest BCUT2D eigenvalue weighted by Gasteiger charge is 2.15. The van der Waals surface area contributed by atoms with Gasteiger partial charge in [-0.3, -0.25) is 10.2 Å². The molecule has 0 saturated carbocycles. The monoisotopic (exact) mass is 462 g/mol. The fourth-order valence-corrected chi connectivity index (χ4v) is 3.19. The van der Waals surface area contributed by atoms with Crippen LogP contribution in [0.1, 0.15) is 11.1 Å². The van der Waals surface area contributed by atoms with Crippen LogP contribution >= 0.6 is 15.9 Å². The van der Waals surface area contributed by atoms with Crippen molar-refractivity contribution in [3.63, 3.8) is 0 Å². The van der Waals surface area contributed by atoms with Gasteiger partial charge in [0, 0.05) is 36.7 Å². The van der Waals surface area contributed by atoms with E-state index in [9.17, 15) is 9.90 Å². The number of likely N-dealkylation sites (N-methyl/N-ethyl adjacent to an activating group) is 2. The number of benzene rings is 2. The first kappa shape index (κ1) is 22.7. The lowest BCUT2D eigenvalue weighted by atomic mass is 10.1. The van der Waals surface area contributed by atoms with E-state index in [0.29, 0.717) is 24.4 Å². The van der Waals surface area contributed by atoms with Crippen LogP contribution in [0.15, 0.2) is 52.6 Å². The molecule has 1 amide bonds. The molecule has 8 heteroatoms. The molecule has 0 aliphatic heterocycles. The van der Waals surface area contributed by atoms with E-state index >= 15 is 0 Å². The zero-order valence-electron chi connectivity index (χ0n) is 16.9. The van der Waals surface area contributed by atoms with Crippen molar-refractivity contribution in [1.29, 1.82) is 0 Å². The number of rotatable bonds is 9. The van der Waals surface area contributed by atoms with Crippen molar-refractivity contribution in [2.45, 2.75) is 6.54 Å². The molecule has 2 aromatic rings. The van der Waals surface area contributed by atoms with Crippen LogP contribution in [-0.4, -0.2) is 55.1 Å². The number of carbonyl (C=O) groups excluding carboxylic acids is 1. The molecule has 0 aliphatic carbocycles. The summed E-state index contributed by atoms with van der Waals surface area (Å²) in [6, 6.07) is 13.0. The Bertz CT molecular complexity index is 873. The summed E-state index contributed by atoms with van der Waals surface area (Å²) in [6.45, 7) is 2.06. The van der Waals surface area contributed by atoms with E-state index in [4.69, 9.17) is 10.6 Å². The molecule has 2 rings (SSSR count). The van der Waals surface area contributed by atoms with Crippen molar-refractivity contribution in [3.8, 4) is 11.5 Å². The molecular formula is C21H27BrN4O3. The van der Waals surface area contributed by atoms with Gasteiger partial charge in [-0.25, -0.2) is 5.84 Å². The molecule has 0 aliphatic rings. The first-order valence-electron chi connectivity index (χ1n) is 9.07. The van der Waals surface area contributed by atoms with Gasteiger partial charge in [-0.2, -0.15) is 0 Å². The Labute approximate surface area is 179 Å².